The first kappa shape index (κ1) is 30.7. The van der Waals surface area contributed by atoms with Gasteiger partial charge in [-0.1, -0.05) is 72.3 Å². The summed E-state index contributed by atoms with van der Waals surface area (Å²) >= 11 is 6.20. The van der Waals surface area contributed by atoms with Crippen molar-refractivity contribution in [1.82, 2.24) is 14.5 Å². The van der Waals surface area contributed by atoms with Crippen LogP contribution < -0.4 is 15.6 Å². The second-order valence-electron chi connectivity index (χ2n) is 10.2. The summed E-state index contributed by atoms with van der Waals surface area (Å²) in [5, 5.41) is 6.13. The Morgan fingerprint density at radius 2 is 1.43 bits per heavy atom. The zero-order valence-corrected chi connectivity index (χ0v) is 25.4. The number of anilines is 1. The largest absolute Gasteiger partial charge is 0.326 e. The number of H-pyrrole nitrogens is 1. The average molecular weight is 629 g/mol. The Kier molecular flexibility index (Phi) is 8.96. The number of rotatable bonds is 10. The van der Waals surface area contributed by atoms with E-state index in [4.69, 9.17) is 11.6 Å². The van der Waals surface area contributed by atoms with Crippen LogP contribution in [0, 0.1) is 6.92 Å². The van der Waals surface area contributed by atoms with E-state index in [0.717, 1.165) is 0 Å². The molecule has 0 saturated carbocycles. The van der Waals surface area contributed by atoms with E-state index in [9.17, 15) is 22.8 Å². The van der Waals surface area contributed by atoms with Gasteiger partial charge in [0.15, 0.2) is 5.78 Å². The van der Waals surface area contributed by atoms with Gasteiger partial charge in [0, 0.05) is 40.4 Å². The molecule has 11 heteroatoms. The van der Waals surface area contributed by atoms with Gasteiger partial charge in [0.2, 0.25) is 15.9 Å². The molecular formula is C33H29ClN4O5S. The monoisotopic (exact) mass is 628 g/mol. The minimum absolute atomic E-state index is 0.125. The summed E-state index contributed by atoms with van der Waals surface area (Å²) in [5.74, 6) is -1.89. The molecule has 224 valence electrons. The maximum absolute atomic E-state index is 14.3. The fourth-order valence-electron chi connectivity index (χ4n) is 5.09. The predicted octanol–water partition coefficient (Wildman–Crippen LogP) is 5.45. The third-order valence-corrected chi connectivity index (χ3v) is 8.82. The molecule has 1 aromatic heterocycles. The summed E-state index contributed by atoms with van der Waals surface area (Å²) < 4.78 is 31.7. The van der Waals surface area contributed by atoms with Crippen LogP contribution in [0.3, 0.4) is 0 Å². The summed E-state index contributed by atoms with van der Waals surface area (Å²) in [6.07, 6.45) is 0. The van der Waals surface area contributed by atoms with E-state index in [0.29, 0.717) is 27.7 Å². The number of carbonyl (C=O) groups is 2. The number of benzene rings is 4. The first-order chi connectivity index (χ1) is 21.0. The summed E-state index contributed by atoms with van der Waals surface area (Å²) in [7, 11) is -4.33. The van der Waals surface area contributed by atoms with Crippen LogP contribution in [-0.2, 0) is 14.8 Å². The van der Waals surface area contributed by atoms with Crippen molar-refractivity contribution >= 4 is 39.0 Å². The molecule has 0 radical (unpaired) electrons. The molecule has 0 aliphatic rings. The van der Waals surface area contributed by atoms with Crippen molar-refractivity contribution in [3.8, 4) is 5.69 Å². The highest BCUT2D eigenvalue weighted by molar-refractivity contribution is 7.89. The van der Waals surface area contributed by atoms with E-state index in [1.165, 1.54) is 35.9 Å². The normalized spacial score (nSPS) is 12.8. The van der Waals surface area contributed by atoms with Crippen molar-refractivity contribution < 1.29 is 18.0 Å². The van der Waals surface area contributed by atoms with Crippen LogP contribution in [0.25, 0.3) is 5.69 Å². The maximum Gasteiger partial charge on any atom is 0.275 e. The van der Waals surface area contributed by atoms with Gasteiger partial charge in [-0.15, -0.1) is 0 Å². The summed E-state index contributed by atoms with van der Waals surface area (Å²) in [5.41, 5.74) is 2.00. The number of hydrogen-bond donors (Lipinski definition) is 3. The summed E-state index contributed by atoms with van der Waals surface area (Å²) in [6, 6.07) is 28.0. The first-order valence-electron chi connectivity index (χ1n) is 13.7. The van der Waals surface area contributed by atoms with Gasteiger partial charge in [-0.25, -0.2) is 13.1 Å². The highest BCUT2D eigenvalue weighted by atomic mass is 35.5. The Morgan fingerprint density at radius 1 is 0.841 bits per heavy atom. The van der Waals surface area contributed by atoms with Crippen molar-refractivity contribution in [2.75, 3.05) is 5.32 Å². The molecule has 3 N–H and O–H groups in total. The van der Waals surface area contributed by atoms with Crippen molar-refractivity contribution in [3.05, 3.63) is 147 Å². The lowest BCUT2D eigenvalue weighted by Crippen LogP contribution is -2.46. The van der Waals surface area contributed by atoms with Crippen molar-refractivity contribution in [1.29, 1.82) is 0 Å². The van der Waals surface area contributed by atoms with Crippen LogP contribution in [0.15, 0.2) is 119 Å². The van der Waals surface area contributed by atoms with Crippen LogP contribution >= 0.6 is 11.6 Å². The lowest BCUT2D eigenvalue weighted by atomic mass is 9.82. The minimum atomic E-state index is -4.33. The second kappa shape index (κ2) is 12.8. The molecule has 2 atom stereocenters. The number of aryl methyl sites for hydroxylation is 1. The van der Waals surface area contributed by atoms with Crippen LogP contribution in [-0.4, -0.2) is 35.9 Å². The number of halogens is 1. The smallest absolute Gasteiger partial charge is 0.275 e. The molecule has 0 bridgehead atoms. The Balaban J connectivity index is 1.69. The molecule has 5 rings (SSSR count). The van der Waals surface area contributed by atoms with Gasteiger partial charge in [-0.2, -0.15) is 4.72 Å². The molecule has 0 aliphatic heterocycles. The van der Waals surface area contributed by atoms with E-state index in [-0.39, 0.29) is 21.9 Å². The molecule has 4 aromatic carbocycles. The molecule has 44 heavy (non-hydrogen) atoms. The topological polar surface area (TPSA) is 130 Å². The third kappa shape index (κ3) is 6.57. The SMILES string of the molecule is CC(=O)Nc1ccc(S(=O)(=O)N[C@H](C(=O)c2ccccc2)[C@H](c2ccc(Cl)cc2)c2c(C)[nH]n(-c3ccccc3)c2=O)cc1. The fourth-order valence-corrected chi connectivity index (χ4v) is 6.43. The molecule has 0 fully saturated rings. The van der Waals surface area contributed by atoms with Crippen molar-refractivity contribution in [2.24, 2.45) is 0 Å². The van der Waals surface area contributed by atoms with Gasteiger partial charge in [0.1, 0.15) is 0 Å². The Morgan fingerprint density at radius 3 is 2.02 bits per heavy atom. The highest BCUT2D eigenvalue weighted by Gasteiger charge is 2.38. The van der Waals surface area contributed by atoms with Crippen molar-refractivity contribution in [3.63, 3.8) is 0 Å². The van der Waals surface area contributed by atoms with Crippen LogP contribution in [0.4, 0.5) is 5.69 Å². The summed E-state index contributed by atoms with van der Waals surface area (Å²) in [6.45, 7) is 3.05. The molecule has 1 amide bonds. The lowest BCUT2D eigenvalue weighted by molar-refractivity contribution is -0.114. The van der Waals surface area contributed by atoms with E-state index < -0.39 is 33.3 Å². The Labute approximate surface area is 259 Å². The third-order valence-electron chi connectivity index (χ3n) is 7.11. The molecule has 0 unspecified atom stereocenters. The molecule has 0 aliphatic carbocycles. The first-order valence-corrected chi connectivity index (χ1v) is 15.5. The van der Waals surface area contributed by atoms with Gasteiger partial charge >= 0.3 is 0 Å². The second-order valence-corrected chi connectivity index (χ2v) is 12.3. The number of nitrogens with zero attached hydrogens (tertiary/aromatic N) is 1. The van der Waals surface area contributed by atoms with Crippen LogP contribution in [0.2, 0.25) is 5.02 Å². The highest BCUT2D eigenvalue weighted by Crippen LogP contribution is 2.32. The number of Topliss-reactive ketones (excluding diaryl/α,β-unsaturated/α-hetero) is 1. The average Bonchev–Trinajstić information content (AvgIpc) is 3.31. The number of aromatic nitrogens is 2. The summed E-state index contributed by atoms with van der Waals surface area (Å²) in [4.78, 5) is 39.7. The minimum Gasteiger partial charge on any atom is -0.326 e. The fraction of sp³-hybridized carbons (Fsp3) is 0.121. The van der Waals surface area contributed by atoms with Crippen molar-refractivity contribution in [2.45, 2.75) is 30.7 Å². The van der Waals surface area contributed by atoms with E-state index in [1.54, 1.807) is 85.8 Å². The molecular weight excluding hydrogens is 600 g/mol. The van der Waals surface area contributed by atoms with Gasteiger partial charge in [-0.3, -0.25) is 19.5 Å². The van der Waals surface area contributed by atoms with Crippen LogP contribution in [0.5, 0.6) is 0 Å². The Bertz CT molecular complexity index is 1960. The number of ketones is 1. The van der Waals surface area contributed by atoms with Crippen LogP contribution in [0.1, 0.15) is 40.0 Å². The molecule has 0 saturated heterocycles. The number of para-hydroxylation sites is 1. The number of aromatic amines is 1. The number of amides is 1. The lowest BCUT2D eigenvalue weighted by Gasteiger charge is -2.27. The molecule has 5 aromatic rings. The standard InChI is InChI=1S/C33H29ClN4O5S/c1-21-29(33(41)38(36-21)27-11-7-4-8-12-27)30(23-13-15-25(34)16-14-23)31(32(40)24-9-5-3-6-10-24)37-44(42,43)28-19-17-26(18-20-28)35-22(2)39/h3-20,30-31,36-37H,1-2H3,(H,35,39)/t30-,31+/m1/s1. The molecule has 0 spiro atoms. The number of sulfonamides is 1. The number of carbonyl (C=O) groups excluding carboxylic acids is 2. The van der Waals surface area contributed by atoms with Gasteiger partial charge < -0.3 is 5.32 Å². The number of nitrogens with one attached hydrogen (secondary N) is 3. The zero-order chi connectivity index (χ0) is 31.4. The van der Waals surface area contributed by atoms with E-state index in [2.05, 4.69) is 15.1 Å². The molecule has 1 heterocycles. The van der Waals surface area contributed by atoms with E-state index >= 15 is 0 Å². The van der Waals surface area contributed by atoms with Gasteiger partial charge in [0.25, 0.3) is 5.56 Å². The van der Waals surface area contributed by atoms with Gasteiger partial charge in [0.05, 0.1) is 16.6 Å². The maximum atomic E-state index is 14.3. The van der Waals surface area contributed by atoms with E-state index in [1.807, 2.05) is 6.07 Å². The Hall–Kier alpha value is -4.77. The predicted molar refractivity (Wildman–Crippen MR) is 170 cm³/mol. The quantitative estimate of drug-likeness (QED) is 0.177. The zero-order valence-electron chi connectivity index (χ0n) is 23.8. The molecule has 9 nitrogen and oxygen atoms in total. The number of hydrogen-bond acceptors (Lipinski definition) is 5. The van der Waals surface area contributed by atoms with Gasteiger partial charge in [-0.05, 0) is 61.0 Å².